The number of nitrogen functional groups attached to an aromatic ring is 1. The van der Waals surface area contributed by atoms with E-state index in [1.165, 1.54) is 0 Å². The van der Waals surface area contributed by atoms with Crippen molar-refractivity contribution in [2.24, 2.45) is 0 Å². The number of carbonyl (C=O) groups excluding carboxylic acids is 1. The summed E-state index contributed by atoms with van der Waals surface area (Å²) in [6, 6.07) is 0. The lowest BCUT2D eigenvalue weighted by atomic mass is 10.3. The molecule has 1 aromatic heterocycles. The van der Waals surface area contributed by atoms with Gasteiger partial charge in [-0.2, -0.15) is 5.10 Å². The first-order chi connectivity index (χ1) is 6.52. The summed E-state index contributed by atoms with van der Waals surface area (Å²) < 4.78 is 1.75. The van der Waals surface area contributed by atoms with Crippen molar-refractivity contribution in [3.8, 4) is 0 Å². The molecule has 78 valence electrons. The average Bonchev–Trinajstić information content (AvgIpc) is 2.44. The first kappa shape index (κ1) is 10.6. The van der Waals surface area contributed by atoms with Crippen LogP contribution < -0.4 is 5.73 Å². The highest BCUT2D eigenvalue weighted by molar-refractivity contribution is 5.75. The maximum absolute atomic E-state index is 11.3. The molecule has 0 aromatic carbocycles. The van der Waals surface area contributed by atoms with Gasteiger partial charge in [-0.3, -0.25) is 9.48 Å². The Balaban J connectivity index is 2.54. The average molecular weight is 196 g/mol. The Hall–Kier alpha value is -1.52. The fourth-order valence-electron chi connectivity index (χ4n) is 1.11. The molecule has 5 nitrogen and oxygen atoms in total. The second kappa shape index (κ2) is 4.13. The molecule has 1 aromatic rings. The minimum Gasteiger partial charge on any atom is -0.396 e. The lowest BCUT2D eigenvalue weighted by Crippen LogP contribution is -2.23. The van der Waals surface area contributed by atoms with Gasteiger partial charge >= 0.3 is 0 Å². The minimum atomic E-state index is 0.0958. The van der Waals surface area contributed by atoms with Crippen LogP contribution in [0.5, 0.6) is 0 Å². The number of aromatic nitrogens is 2. The van der Waals surface area contributed by atoms with E-state index < -0.39 is 0 Å². The highest BCUT2D eigenvalue weighted by Crippen LogP contribution is 2.08. The fourth-order valence-corrected chi connectivity index (χ4v) is 1.11. The molecule has 0 radical (unpaired) electrons. The zero-order valence-electron chi connectivity index (χ0n) is 8.82. The SMILES string of the molecule is Cc1c(N)cnn1CCC(=O)N(C)C. The van der Waals surface area contributed by atoms with E-state index in [0.717, 1.165) is 5.69 Å². The van der Waals surface area contributed by atoms with Gasteiger partial charge in [0.05, 0.1) is 24.1 Å². The zero-order valence-corrected chi connectivity index (χ0v) is 8.82. The topological polar surface area (TPSA) is 64.1 Å². The molecular formula is C9H16N4O. The van der Waals surface area contributed by atoms with Gasteiger partial charge in [0.25, 0.3) is 0 Å². The van der Waals surface area contributed by atoms with Crippen LogP contribution in [0.4, 0.5) is 5.69 Å². The number of rotatable bonds is 3. The third-order valence-corrected chi connectivity index (χ3v) is 2.18. The number of amides is 1. The number of hydrogen-bond donors (Lipinski definition) is 1. The highest BCUT2D eigenvalue weighted by atomic mass is 16.2. The van der Waals surface area contributed by atoms with E-state index in [4.69, 9.17) is 5.73 Å². The number of nitrogens with zero attached hydrogens (tertiary/aromatic N) is 3. The van der Waals surface area contributed by atoms with Crippen LogP contribution in [-0.2, 0) is 11.3 Å². The molecule has 0 fully saturated rings. The van der Waals surface area contributed by atoms with E-state index in [-0.39, 0.29) is 5.91 Å². The van der Waals surface area contributed by atoms with Crippen molar-refractivity contribution in [1.82, 2.24) is 14.7 Å². The van der Waals surface area contributed by atoms with Gasteiger partial charge in [-0.15, -0.1) is 0 Å². The molecule has 0 saturated carbocycles. The summed E-state index contributed by atoms with van der Waals surface area (Å²) in [5, 5.41) is 4.07. The largest absolute Gasteiger partial charge is 0.396 e. The number of aryl methyl sites for hydroxylation is 1. The quantitative estimate of drug-likeness (QED) is 0.753. The maximum atomic E-state index is 11.3. The van der Waals surface area contributed by atoms with Gasteiger partial charge in [-0.1, -0.05) is 0 Å². The van der Waals surface area contributed by atoms with E-state index in [2.05, 4.69) is 5.10 Å². The maximum Gasteiger partial charge on any atom is 0.223 e. The molecule has 0 spiro atoms. The third kappa shape index (κ3) is 2.25. The van der Waals surface area contributed by atoms with Gasteiger partial charge in [0.15, 0.2) is 0 Å². The van der Waals surface area contributed by atoms with Gasteiger partial charge < -0.3 is 10.6 Å². The van der Waals surface area contributed by atoms with E-state index in [0.29, 0.717) is 18.7 Å². The van der Waals surface area contributed by atoms with E-state index in [1.54, 1.807) is 29.9 Å². The molecule has 0 aliphatic rings. The molecule has 1 amide bonds. The Bertz CT molecular complexity index is 330. The molecule has 5 heteroatoms. The fraction of sp³-hybridized carbons (Fsp3) is 0.556. The molecular weight excluding hydrogens is 180 g/mol. The lowest BCUT2D eigenvalue weighted by Gasteiger charge is -2.10. The van der Waals surface area contributed by atoms with Crippen molar-refractivity contribution >= 4 is 11.6 Å². The molecule has 0 aliphatic carbocycles. The number of carbonyl (C=O) groups is 1. The van der Waals surface area contributed by atoms with Crippen LogP contribution in [0, 0.1) is 6.92 Å². The highest BCUT2D eigenvalue weighted by Gasteiger charge is 2.07. The second-order valence-electron chi connectivity index (χ2n) is 3.45. The third-order valence-electron chi connectivity index (χ3n) is 2.18. The van der Waals surface area contributed by atoms with Crippen LogP contribution in [0.15, 0.2) is 6.20 Å². The number of nitrogens with two attached hydrogens (primary N) is 1. The summed E-state index contributed by atoms with van der Waals surface area (Å²) in [4.78, 5) is 12.9. The number of anilines is 1. The van der Waals surface area contributed by atoms with Crippen molar-refractivity contribution in [2.75, 3.05) is 19.8 Å². The van der Waals surface area contributed by atoms with Gasteiger partial charge in [-0.25, -0.2) is 0 Å². The Morgan fingerprint density at radius 2 is 2.29 bits per heavy atom. The second-order valence-corrected chi connectivity index (χ2v) is 3.45. The molecule has 2 N–H and O–H groups in total. The van der Waals surface area contributed by atoms with Crippen molar-refractivity contribution < 1.29 is 4.79 Å². The molecule has 0 atom stereocenters. The molecule has 0 aliphatic heterocycles. The number of hydrogen-bond acceptors (Lipinski definition) is 3. The summed E-state index contributed by atoms with van der Waals surface area (Å²) >= 11 is 0. The Labute approximate surface area is 83.5 Å². The van der Waals surface area contributed by atoms with Crippen LogP contribution in [0.2, 0.25) is 0 Å². The van der Waals surface area contributed by atoms with Gasteiger partial charge in [-0.05, 0) is 6.92 Å². The van der Waals surface area contributed by atoms with Crippen LogP contribution >= 0.6 is 0 Å². The van der Waals surface area contributed by atoms with Crippen molar-refractivity contribution in [1.29, 1.82) is 0 Å². The monoisotopic (exact) mass is 196 g/mol. The minimum absolute atomic E-state index is 0.0958. The molecule has 1 heterocycles. The first-order valence-corrected chi connectivity index (χ1v) is 4.50. The lowest BCUT2D eigenvalue weighted by molar-refractivity contribution is -0.128. The standard InChI is InChI=1S/C9H16N4O/c1-7-8(10)6-11-13(7)5-4-9(14)12(2)3/h6H,4-5,10H2,1-3H3. The van der Waals surface area contributed by atoms with E-state index >= 15 is 0 Å². The van der Waals surface area contributed by atoms with Crippen molar-refractivity contribution in [3.63, 3.8) is 0 Å². The van der Waals surface area contributed by atoms with Crippen LogP contribution in [0.1, 0.15) is 12.1 Å². The zero-order chi connectivity index (χ0) is 10.7. The summed E-state index contributed by atoms with van der Waals surface area (Å²) in [6.07, 6.45) is 2.06. The molecule has 0 bridgehead atoms. The van der Waals surface area contributed by atoms with E-state index in [9.17, 15) is 4.79 Å². The molecule has 14 heavy (non-hydrogen) atoms. The van der Waals surface area contributed by atoms with Crippen molar-refractivity contribution in [2.45, 2.75) is 19.9 Å². The van der Waals surface area contributed by atoms with Gasteiger partial charge in [0.1, 0.15) is 0 Å². The van der Waals surface area contributed by atoms with Gasteiger partial charge in [0, 0.05) is 20.5 Å². The molecule has 1 rings (SSSR count). The Morgan fingerprint density at radius 1 is 1.64 bits per heavy atom. The van der Waals surface area contributed by atoms with Gasteiger partial charge in [0.2, 0.25) is 5.91 Å². The Morgan fingerprint density at radius 3 is 2.71 bits per heavy atom. The summed E-state index contributed by atoms with van der Waals surface area (Å²) in [5.74, 6) is 0.0958. The van der Waals surface area contributed by atoms with Crippen LogP contribution in [0.3, 0.4) is 0 Å². The Kier molecular flexibility index (Phi) is 3.11. The molecule has 0 unspecified atom stereocenters. The van der Waals surface area contributed by atoms with Crippen LogP contribution in [-0.4, -0.2) is 34.7 Å². The smallest absolute Gasteiger partial charge is 0.223 e. The normalized spacial score (nSPS) is 10.2. The first-order valence-electron chi connectivity index (χ1n) is 4.50. The van der Waals surface area contributed by atoms with Crippen molar-refractivity contribution in [3.05, 3.63) is 11.9 Å². The predicted molar refractivity (Wildman–Crippen MR) is 54.7 cm³/mol. The van der Waals surface area contributed by atoms with Crippen LogP contribution in [0.25, 0.3) is 0 Å². The summed E-state index contributed by atoms with van der Waals surface area (Å²) in [7, 11) is 3.49. The van der Waals surface area contributed by atoms with E-state index in [1.807, 2.05) is 6.92 Å². The predicted octanol–water partition coefficient (Wildman–Crippen LogP) is 0.252. The summed E-state index contributed by atoms with van der Waals surface area (Å²) in [5.41, 5.74) is 7.21. The molecule has 0 saturated heterocycles. The summed E-state index contributed by atoms with van der Waals surface area (Å²) in [6.45, 7) is 2.47.